The number of para-hydroxylation sites is 1. The lowest BCUT2D eigenvalue weighted by atomic mass is 9.80. The SMILES string of the molecule is Cc1cn(-c2ccccc2)c(NC(C)C2CCC2)n1. The van der Waals surface area contributed by atoms with Gasteiger partial charge in [-0.1, -0.05) is 24.6 Å². The first-order valence-corrected chi connectivity index (χ1v) is 7.12. The summed E-state index contributed by atoms with van der Waals surface area (Å²) in [6, 6.07) is 10.9. The number of aryl methyl sites for hydroxylation is 1. The van der Waals surface area contributed by atoms with E-state index in [2.05, 4.69) is 52.3 Å². The van der Waals surface area contributed by atoms with Crippen molar-refractivity contribution in [2.24, 2.45) is 5.92 Å². The Morgan fingerprint density at radius 3 is 2.63 bits per heavy atom. The summed E-state index contributed by atoms with van der Waals surface area (Å²) < 4.78 is 2.14. The fraction of sp³-hybridized carbons (Fsp3) is 0.438. The third kappa shape index (κ3) is 2.50. The third-order valence-electron chi connectivity index (χ3n) is 4.07. The van der Waals surface area contributed by atoms with Gasteiger partial charge in [0.2, 0.25) is 5.95 Å². The molecule has 3 rings (SSSR count). The Labute approximate surface area is 114 Å². The minimum Gasteiger partial charge on any atom is -0.353 e. The summed E-state index contributed by atoms with van der Waals surface area (Å²) >= 11 is 0. The molecule has 0 aliphatic heterocycles. The van der Waals surface area contributed by atoms with E-state index in [0.717, 1.165) is 23.2 Å². The predicted molar refractivity (Wildman–Crippen MR) is 78.7 cm³/mol. The maximum absolute atomic E-state index is 4.62. The summed E-state index contributed by atoms with van der Waals surface area (Å²) in [6.45, 7) is 4.31. The van der Waals surface area contributed by atoms with Crippen molar-refractivity contribution in [3.63, 3.8) is 0 Å². The van der Waals surface area contributed by atoms with Crippen LogP contribution in [-0.2, 0) is 0 Å². The first kappa shape index (κ1) is 12.3. The summed E-state index contributed by atoms with van der Waals surface area (Å²) in [6.07, 6.45) is 6.16. The van der Waals surface area contributed by atoms with Crippen molar-refractivity contribution >= 4 is 5.95 Å². The number of imidazole rings is 1. The van der Waals surface area contributed by atoms with Crippen LogP contribution in [0.4, 0.5) is 5.95 Å². The topological polar surface area (TPSA) is 29.9 Å². The molecule has 1 saturated carbocycles. The van der Waals surface area contributed by atoms with Crippen LogP contribution in [0.3, 0.4) is 0 Å². The molecule has 3 heteroatoms. The van der Waals surface area contributed by atoms with Gasteiger partial charge in [-0.3, -0.25) is 4.57 Å². The molecule has 1 unspecified atom stereocenters. The molecule has 1 N–H and O–H groups in total. The Morgan fingerprint density at radius 1 is 1.26 bits per heavy atom. The number of nitrogens with zero attached hydrogens (tertiary/aromatic N) is 2. The van der Waals surface area contributed by atoms with Crippen LogP contribution < -0.4 is 5.32 Å². The van der Waals surface area contributed by atoms with E-state index in [1.165, 1.54) is 19.3 Å². The molecule has 1 atom stereocenters. The first-order valence-electron chi connectivity index (χ1n) is 7.12. The Kier molecular flexibility index (Phi) is 3.28. The van der Waals surface area contributed by atoms with Crippen LogP contribution in [-0.4, -0.2) is 15.6 Å². The first-order chi connectivity index (χ1) is 9.24. The normalized spacial score (nSPS) is 16.9. The van der Waals surface area contributed by atoms with Crippen molar-refractivity contribution in [2.75, 3.05) is 5.32 Å². The van der Waals surface area contributed by atoms with Crippen molar-refractivity contribution in [1.29, 1.82) is 0 Å². The van der Waals surface area contributed by atoms with Crippen LogP contribution in [0.25, 0.3) is 5.69 Å². The zero-order chi connectivity index (χ0) is 13.2. The van der Waals surface area contributed by atoms with Crippen LogP contribution in [0.5, 0.6) is 0 Å². The highest BCUT2D eigenvalue weighted by Gasteiger charge is 2.24. The summed E-state index contributed by atoms with van der Waals surface area (Å²) in [7, 11) is 0. The maximum atomic E-state index is 4.62. The average molecular weight is 255 g/mol. The van der Waals surface area contributed by atoms with Crippen LogP contribution in [0.15, 0.2) is 36.5 Å². The van der Waals surface area contributed by atoms with Gasteiger partial charge in [-0.15, -0.1) is 0 Å². The smallest absolute Gasteiger partial charge is 0.207 e. The molecular weight excluding hydrogens is 234 g/mol. The molecule has 1 aliphatic carbocycles. The highest BCUT2D eigenvalue weighted by atomic mass is 15.2. The lowest BCUT2D eigenvalue weighted by Crippen LogP contribution is -2.31. The number of hydrogen-bond acceptors (Lipinski definition) is 2. The molecule has 1 aromatic carbocycles. The largest absolute Gasteiger partial charge is 0.353 e. The van der Waals surface area contributed by atoms with Crippen LogP contribution in [0.2, 0.25) is 0 Å². The zero-order valence-corrected chi connectivity index (χ0v) is 11.6. The van der Waals surface area contributed by atoms with E-state index in [9.17, 15) is 0 Å². The second-order valence-electron chi connectivity index (χ2n) is 5.54. The lowest BCUT2D eigenvalue weighted by Gasteiger charge is -2.32. The van der Waals surface area contributed by atoms with E-state index in [0.29, 0.717) is 6.04 Å². The highest BCUT2D eigenvalue weighted by molar-refractivity contribution is 5.43. The minimum absolute atomic E-state index is 0.498. The fourth-order valence-corrected chi connectivity index (χ4v) is 2.65. The molecule has 1 aliphatic rings. The van der Waals surface area contributed by atoms with Crippen molar-refractivity contribution in [1.82, 2.24) is 9.55 Å². The molecule has 2 aromatic rings. The Balaban J connectivity index is 1.85. The highest BCUT2D eigenvalue weighted by Crippen LogP contribution is 2.31. The molecule has 0 bridgehead atoms. The molecule has 100 valence electrons. The zero-order valence-electron chi connectivity index (χ0n) is 11.6. The quantitative estimate of drug-likeness (QED) is 0.901. The summed E-state index contributed by atoms with van der Waals surface area (Å²) in [5.41, 5.74) is 2.21. The summed E-state index contributed by atoms with van der Waals surface area (Å²) in [5.74, 6) is 1.77. The van der Waals surface area contributed by atoms with Crippen molar-refractivity contribution in [3.8, 4) is 5.69 Å². The van der Waals surface area contributed by atoms with E-state index in [4.69, 9.17) is 0 Å². The molecule has 1 fully saturated rings. The lowest BCUT2D eigenvalue weighted by molar-refractivity contribution is 0.284. The van der Waals surface area contributed by atoms with E-state index in [1.54, 1.807) is 0 Å². The van der Waals surface area contributed by atoms with Crippen LogP contribution in [0.1, 0.15) is 31.9 Å². The number of nitrogens with one attached hydrogen (secondary N) is 1. The van der Waals surface area contributed by atoms with Crippen molar-refractivity contribution in [2.45, 2.75) is 39.2 Å². The maximum Gasteiger partial charge on any atom is 0.207 e. The molecule has 19 heavy (non-hydrogen) atoms. The van der Waals surface area contributed by atoms with Gasteiger partial charge in [-0.05, 0) is 44.7 Å². The molecular formula is C16H21N3. The van der Waals surface area contributed by atoms with Gasteiger partial charge < -0.3 is 5.32 Å². The standard InChI is InChI=1S/C16H21N3/c1-12-11-19(15-9-4-3-5-10-15)16(17-12)18-13(2)14-7-6-8-14/h3-5,9-11,13-14H,6-8H2,1-2H3,(H,17,18). The molecule has 1 aromatic heterocycles. The minimum atomic E-state index is 0.498. The third-order valence-corrected chi connectivity index (χ3v) is 4.07. The predicted octanol–water partition coefficient (Wildman–Crippen LogP) is 3.78. The number of aromatic nitrogens is 2. The van der Waals surface area contributed by atoms with Gasteiger partial charge in [0.15, 0.2) is 0 Å². The van der Waals surface area contributed by atoms with Gasteiger partial charge in [0, 0.05) is 17.9 Å². The van der Waals surface area contributed by atoms with E-state index in [1.807, 2.05) is 13.0 Å². The Morgan fingerprint density at radius 2 is 2.00 bits per heavy atom. The number of hydrogen-bond donors (Lipinski definition) is 1. The molecule has 1 heterocycles. The van der Waals surface area contributed by atoms with Gasteiger partial charge >= 0.3 is 0 Å². The van der Waals surface area contributed by atoms with E-state index in [-0.39, 0.29) is 0 Å². The van der Waals surface area contributed by atoms with Gasteiger partial charge in [0.25, 0.3) is 0 Å². The van der Waals surface area contributed by atoms with Gasteiger partial charge in [0.1, 0.15) is 0 Å². The van der Waals surface area contributed by atoms with Crippen LogP contribution >= 0.6 is 0 Å². The molecule has 0 amide bonds. The Bertz CT molecular complexity index is 540. The average Bonchev–Trinajstić information content (AvgIpc) is 2.69. The van der Waals surface area contributed by atoms with Gasteiger partial charge in [0.05, 0.1) is 5.69 Å². The molecule has 0 saturated heterocycles. The van der Waals surface area contributed by atoms with Crippen LogP contribution in [0, 0.1) is 12.8 Å². The fourth-order valence-electron chi connectivity index (χ4n) is 2.65. The summed E-state index contributed by atoms with van der Waals surface area (Å²) in [4.78, 5) is 4.62. The van der Waals surface area contributed by atoms with Gasteiger partial charge in [-0.2, -0.15) is 0 Å². The van der Waals surface area contributed by atoms with Crippen molar-refractivity contribution in [3.05, 3.63) is 42.2 Å². The molecule has 0 radical (unpaired) electrons. The number of anilines is 1. The monoisotopic (exact) mass is 255 g/mol. The van der Waals surface area contributed by atoms with E-state index < -0.39 is 0 Å². The molecule has 0 spiro atoms. The second-order valence-corrected chi connectivity index (χ2v) is 5.54. The van der Waals surface area contributed by atoms with E-state index >= 15 is 0 Å². The Hall–Kier alpha value is -1.77. The number of rotatable bonds is 4. The number of benzene rings is 1. The van der Waals surface area contributed by atoms with Crippen molar-refractivity contribution < 1.29 is 0 Å². The second kappa shape index (κ2) is 5.08. The molecule has 3 nitrogen and oxygen atoms in total. The van der Waals surface area contributed by atoms with Gasteiger partial charge in [-0.25, -0.2) is 4.98 Å². The summed E-state index contributed by atoms with van der Waals surface area (Å²) in [5, 5.41) is 3.58.